The second kappa shape index (κ2) is 8.62. The minimum atomic E-state index is -4.31. The van der Waals surface area contributed by atoms with E-state index in [2.05, 4.69) is 0 Å². The third-order valence-corrected chi connectivity index (χ3v) is 7.72. The number of nitriles is 1. The first-order chi connectivity index (χ1) is 16.1. The van der Waals surface area contributed by atoms with E-state index in [1.165, 1.54) is 24.5 Å². The molecule has 174 valence electrons. The maximum absolute atomic E-state index is 15.3. The van der Waals surface area contributed by atoms with Crippen LogP contribution in [0.2, 0.25) is 0 Å². The monoisotopic (exact) mass is 504 g/mol. The summed E-state index contributed by atoms with van der Waals surface area (Å²) in [6.45, 7) is 1.77. The highest BCUT2D eigenvalue weighted by molar-refractivity contribution is 7.90. The number of benzene rings is 3. The first-order valence-electron chi connectivity index (χ1n) is 9.61. The number of hydrogen-bond acceptors (Lipinski definition) is 5. The van der Waals surface area contributed by atoms with E-state index in [-0.39, 0.29) is 20.9 Å². The normalized spacial score (nSPS) is 12.5. The van der Waals surface area contributed by atoms with Crippen molar-refractivity contribution in [1.29, 1.82) is 5.26 Å². The second-order valence-corrected chi connectivity index (χ2v) is 10.4. The SMILES string of the molecule is Cc1ccc(S(=O)(=O)n2ccc3c(S(C)=O)c(Oc4ccc(F)c(C#N)c4)c(F)c(F)c32)cc1. The summed E-state index contributed by atoms with van der Waals surface area (Å²) in [5.41, 5.74) is -0.222. The van der Waals surface area contributed by atoms with E-state index in [9.17, 15) is 17.0 Å². The van der Waals surface area contributed by atoms with Gasteiger partial charge in [-0.1, -0.05) is 17.7 Å². The summed E-state index contributed by atoms with van der Waals surface area (Å²) in [4.78, 5) is -0.445. The van der Waals surface area contributed by atoms with E-state index < -0.39 is 55.1 Å². The lowest BCUT2D eigenvalue weighted by atomic mass is 10.2. The molecule has 0 aliphatic heterocycles. The smallest absolute Gasteiger partial charge is 0.268 e. The number of aryl methyl sites for hydroxylation is 1. The molecule has 0 spiro atoms. The highest BCUT2D eigenvalue weighted by Crippen LogP contribution is 2.40. The molecule has 1 atom stereocenters. The number of ether oxygens (including phenoxy) is 1. The average Bonchev–Trinajstić information content (AvgIpc) is 3.24. The number of rotatable bonds is 5. The largest absolute Gasteiger partial charge is 0.453 e. The summed E-state index contributed by atoms with van der Waals surface area (Å²) in [5, 5.41) is 8.85. The van der Waals surface area contributed by atoms with Gasteiger partial charge in [0.1, 0.15) is 23.2 Å². The Bertz CT molecular complexity index is 1620. The van der Waals surface area contributed by atoms with Crippen molar-refractivity contribution in [3.8, 4) is 17.6 Å². The Morgan fingerprint density at radius 2 is 1.71 bits per heavy atom. The molecular weight excluding hydrogens is 489 g/mol. The van der Waals surface area contributed by atoms with Crippen molar-refractivity contribution >= 4 is 31.7 Å². The Balaban J connectivity index is 1.96. The first-order valence-corrected chi connectivity index (χ1v) is 12.6. The third kappa shape index (κ3) is 3.85. The molecule has 0 fully saturated rings. The maximum atomic E-state index is 15.3. The van der Waals surface area contributed by atoms with Crippen molar-refractivity contribution in [3.63, 3.8) is 0 Å². The van der Waals surface area contributed by atoms with Gasteiger partial charge in [-0.3, -0.25) is 4.21 Å². The molecule has 3 aromatic carbocycles. The lowest BCUT2D eigenvalue weighted by Gasteiger charge is -2.15. The van der Waals surface area contributed by atoms with Crippen molar-refractivity contribution in [3.05, 3.63) is 83.3 Å². The van der Waals surface area contributed by atoms with Gasteiger partial charge in [-0.05, 0) is 37.3 Å². The van der Waals surface area contributed by atoms with Gasteiger partial charge in [0, 0.05) is 23.9 Å². The topological polar surface area (TPSA) is 89.2 Å². The van der Waals surface area contributed by atoms with Gasteiger partial charge in [-0.2, -0.15) is 9.65 Å². The van der Waals surface area contributed by atoms with Gasteiger partial charge >= 0.3 is 0 Å². The molecule has 34 heavy (non-hydrogen) atoms. The second-order valence-electron chi connectivity index (χ2n) is 7.29. The molecular formula is C23H15F3N2O4S2. The van der Waals surface area contributed by atoms with Gasteiger partial charge < -0.3 is 4.74 Å². The molecule has 0 bridgehead atoms. The molecule has 0 amide bonds. The van der Waals surface area contributed by atoms with Crippen LogP contribution in [-0.4, -0.2) is 22.9 Å². The molecule has 1 unspecified atom stereocenters. The van der Waals surface area contributed by atoms with Crippen molar-refractivity contribution in [2.24, 2.45) is 0 Å². The molecule has 1 heterocycles. The van der Waals surface area contributed by atoms with E-state index in [4.69, 9.17) is 10.00 Å². The van der Waals surface area contributed by atoms with Crippen molar-refractivity contribution in [1.82, 2.24) is 3.97 Å². The minimum Gasteiger partial charge on any atom is -0.453 e. The van der Waals surface area contributed by atoms with Crippen molar-refractivity contribution < 1.29 is 30.5 Å². The van der Waals surface area contributed by atoms with Gasteiger partial charge in [0.05, 0.1) is 26.2 Å². The molecule has 0 radical (unpaired) electrons. The van der Waals surface area contributed by atoms with E-state index >= 15 is 8.78 Å². The fourth-order valence-electron chi connectivity index (χ4n) is 3.41. The van der Waals surface area contributed by atoms with Gasteiger partial charge in [-0.15, -0.1) is 0 Å². The summed E-state index contributed by atoms with van der Waals surface area (Å²) in [6, 6.07) is 11.6. The van der Waals surface area contributed by atoms with E-state index in [0.717, 1.165) is 30.0 Å². The van der Waals surface area contributed by atoms with Gasteiger partial charge in [0.15, 0.2) is 11.6 Å². The number of fused-ring (bicyclic) bond motifs is 1. The number of halogens is 3. The molecule has 6 nitrogen and oxygen atoms in total. The summed E-state index contributed by atoms with van der Waals surface area (Å²) >= 11 is 0. The first kappa shape index (κ1) is 23.5. The number of nitrogens with zero attached hydrogens (tertiary/aromatic N) is 2. The molecule has 0 N–H and O–H groups in total. The van der Waals surface area contributed by atoms with Crippen LogP contribution in [0, 0.1) is 35.7 Å². The highest BCUT2D eigenvalue weighted by atomic mass is 32.2. The fraction of sp³-hybridized carbons (Fsp3) is 0.0870. The van der Waals surface area contributed by atoms with Gasteiger partial charge in [0.25, 0.3) is 10.0 Å². The molecule has 0 aliphatic carbocycles. The summed E-state index contributed by atoms with van der Waals surface area (Å²) in [7, 11) is -6.27. The lowest BCUT2D eigenvalue weighted by Crippen LogP contribution is -2.13. The van der Waals surface area contributed by atoms with Crippen molar-refractivity contribution in [2.45, 2.75) is 16.7 Å². The Morgan fingerprint density at radius 1 is 1.03 bits per heavy atom. The average molecular weight is 505 g/mol. The summed E-state index contributed by atoms with van der Waals surface area (Å²) in [5.74, 6) is -4.92. The summed E-state index contributed by atoms with van der Waals surface area (Å²) in [6.07, 6.45) is 2.23. The third-order valence-electron chi connectivity index (χ3n) is 5.05. The van der Waals surface area contributed by atoms with Crippen LogP contribution in [0.5, 0.6) is 11.5 Å². The maximum Gasteiger partial charge on any atom is 0.268 e. The molecule has 0 aliphatic rings. The Kier molecular flexibility index (Phi) is 5.97. The van der Waals surface area contributed by atoms with E-state index in [1.54, 1.807) is 25.1 Å². The Labute approximate surface area is 195 Å². The lowest BCUT2D eigenvalue weighted by molar-refractivity contribution is 0.408. The van der Waals surface area contributed by atoms with Crippen LogP contribution >= 0.6 is 0 Å². The van der Waals surface area contributed by atoms with Crippen LogP contribution in [0.1, 0.15) is 11.1 Å². The standard InChI is InChI=1S/C23H15F3N2O4S2/c1-13-3-6-16(7-4-13)34(30,31)28-10-9-17-21(28)19(25)20(26)22(23(17)33(2)29)32-15-5-8-18(24)14(11-15)12-27/h3-11H,1-2H3. The zero-order valence-electron chi connectivity index (χ0n) is 17.7. The van der Waals surface area contributed by atoms with Crippen LogP contribution in [0.4, 0.5) is 13.2 Å². The molecule has 1 aromatic heterocycles. The molecule has 4 aromatic rings. The molecule has 0 saturated carbocycles. The predicted octanol–water partition coefficient (Wildman–Crippen LogP) is 5.01. The predicted molar refractivity (Wildman–Crippen MR) is 119 cm³/mol. The molecule has 0 saturated heterocycles. The van der Waals surface area contributed by atoms with Crippen molar-refractivity contribution in [2.75, 3.05) is 6.26 Å². The zero-order valence-corrected chi connectivity index (χ0v) is 19.3. The molecule has 11 heteroatoms. The Morgan fingerprint density at radius 3 is 2.32 bits per heavy atom. The van der Waals surface area contributed by atoms with Gasteiger partial charge in [-0.25, -0.2) is 21.2 Å². The summed E-state index contributed by atoms with van der Waals surface area (Å²) < 4.78 is 88.9. The Hall–Kier alpha value is -3.62. The van der Waals surface area contributed by atoms with E-state index in [1.807, 2.05) is 0 Å². The van der Waals surface area contributed by atoms with E-state index in [0.29, 0.717) is 3.97 Å². The molecule has 4 rings (SSSR count). The van der Waals surface area contributed by atoms with Crippen LogP contribution < -0.4 is 4.74 Å². The zero-order chi connectivity index (χ0) is 24.8. The van der Waals surface area contributed by atoms with Gasteiger partial charge in [0.2, 0.25) is 5.82 Å². The number of hydrogen-bond donors (Lipinski definition) is 0. The van der Waals surface area contributed by atoms with Crippen LogP contribution in [0.25, 0.3) is 10.9 Å². The fourth-order valence-corrected chi connectivity index (χ4v) is 5.62. The van der Waals surface area contributed by atoms with Crippen LogP contribution in [0.15, 0.2) is 64.5 Å². The quantitative estimate of drug-likeness (QED) is 0.381. The van der Waals surface area contributed by atoms with Crippen LogP contribution in [-0.2, 0) is 20.8 Å². The van der Waals surface area contributed by atoms with Crippen LogP contribution in [0.3, 0.4) is 0 Å². The minimum absolute atomic E-state index is 0.145. The highest BCUT2D eigenvalue weighted by Gasteiger charge is 2.30. The number of aromatic nitrogens is 1.